The molecule has 1 aliphatic rings. The minimum Gasteiger partial charge on any atom is -0.507 e. The van der Waals surface area contributed by atoms with Crippen molar-refractivity contribution >= 4 is 18.3 Å². The summed E-state index contributed by atoms with van der Waals surface area (Å²) in [4.78, 5) is 11.4. The Morgan fingerprint density at radius 1 is 1.32 bits per heavy atom. The lowest BCUT2D eigenvalue weighted by atomic mass is 9.98. The van der Waals surface area contributed by atoms with Gasteiger partial charge in [0.05, 0.1) is 11.7 Å². The highest BCUT2D eigenvalue weighted by atomic mass is 35.5. The van der Waals surface area contributed by atoms with E-state index >= 15 is 0 Å². The summed E-state index contributed by atoms with van der Waals surface area (Å²) in [7, 11) is 0. The van der Waals surface area contributed by atoms with Gasteiger partial charge in [0.1, 0.15) is 11.5 Å². The zero-order valence-corrected chi connectivity index (χ0v) is 11.4. The summed E-state index contributed by atoms with van der Waals surface area (Å²) in [6.07, 6.45) is 5.91. The van der Waals surface area contributed by atoms with Crippen LogP contribution in [0.15, 0.2) is 18.2 Å². The third-order valence-electron chi connectivity index (χ3n) is 3.20. The number of nitrogens with two attached hydrogens (primary N) is 1. The highest BCUT2D eigenvalue weighted by molar-refractivity contribution is 5.96. The number of benzene rings is 1. The van der Waals surface area contributed by atoms with E-state index in [0.29, 0.717) is 5.75 Å². The minimum atomic E-state index is -0.526. The Labute approximate surface area is 118 Å². The van der Waals surface area contributed by atoms with Gasteiger partial charge in [-0.15, -0.1) is 12.4 Å². The summed E-state index contributed by atoms with van der Waals surface area (Å²) < 4.78 is 5.81. The number of carbonyl (C=O) groups excluding carboxylic acids is 1. The van der Waals surface area contributed by atoms with E-state index in [-0.39, 0.29) is 29.8 Å². The lowest BCUT2D eigenvalue weighted by molar-refractivity contribution is 0.0949. The molecule has 1 aromatic carbocycles. The van der Waals surface area contributed by atoms with Gasteiger partial charge in [-0.1, -0.05) is 6.42 Å². The van der Waals surface area contributed by atoms with Crippen molar-refractivity contribution in [2.24, 2.45) is 5.84 Å². The molecule has 1 amide bonds. The van der Waals surface area contributed by atoms with Crippen LogP contribution in [0.3, 0.4) is 0 Å². The number of amides is 1. The van der Waals surface area contributed by atoms with Gasteiger partial charge in [0.15, 0.2) is 0 Å². The molecule has 1 fully saturated rings. The predicted octanol–water partition coefficient (Wildman–Crippen LogP) is 2.13. The molecule has 2 rings (SSSR count). The fourth-order valence-electron chi connectivity index (χ4n) is 2.22. The zero-order valence-electron chi connectivity index (χ0n) is 10.6. The van der Waals surface area contributed by atoms with Gasteiger partial charge in [-0.05, 0) is 43.9 Å². The molecule has 0 spiro atoms. The van der Waals surface area contributed by atoms with Crippen LogP contribution in [0.25, 0.3) is 0 Å². The molecule has 0 radical (unpaired) electrons. The summed E-state index contributed by atoms with van der Waals surface area (Å²) in [5.74, 6) is 5.02. The van der Waals surface area contributed by atoms with Gasteiger partial charge >= 0.3 is 0 Å². The number of aromatic hydroxyl groups is 1. The predicted molar refractivity (Wildman–Crippen MR) is 74.5 cm³/mol. The number of halogens is 1. The lowest BCUT2D eigenvalue weighted by Gasteiger charge is -2.23. The van der Waals surface area contributed by atoms with Crippen molar-refractivity contribution in [2.75, 3.05) is 0 Å². The second-order valence-corrected chi connectivity index (χ2v) is 4.53. The number of ether oxygens (including phenoxy) is 1. The number of carbonyl (C=O) groups is 1. The Morgan fingerprint density at radius 3 is 2.63 bits per heavy atom. The number of hydrazine groups is 1. The second-order valence-electron chi connectivity index (χ2n) is 4.53. The number of nitrogen functional groups attached to an aromatic ring is 1. The Bertz CT molecular complexity index is 434. The van der Waals surface area contributed by atoms with Crippen LogP contribution >= 0.6 is 12.4 Å². The highest BCUT2D eigenvalue weighted by Crippen LogP contribution is 2.27. The molecular weight excluding hydrogens is 268 g/mol. The maximum atomic E-state index is 11.4. The fourth-order valence-corrected chi connectivity index (χ4v) is 2.22. The molecule has 0 aromatic heterocycles. The molecule has 0 bridgehead atoms. The largest absolute Gasteiger partial charge is 0.507 e. The molecule has 1 saturated carbocycles. The summed E-state index contributed by atoms with van der Waals surface area (Å²) in [5.41, 5.74) is 2.13. The maximum absolute atomic E-state index is 11.4. The summed E-state index contributed by atoms with van der Waals surface area (Å²) in [6, 6.07) is 4.63. The third kappa shape index (κ3) is 4.01. The van der Waals surface area contributed by atoms with Gasteiger partial charge in [-0.25, -0.2) is 5.84 Å². The van der Waals surface area contributed by atoms with Gasteiger partial charge in [0.2, 0.25) is 0 Å². The van der Waals surface area contributed by atoms with E-state index in [1.165, 1.54) is 31.4 Å². The summed E-state index contributed by atoms with van der Waals surface area (Å²) in [5, 5.41) is 9.57. The average Bonchev–Trinajstić information content (AvgIpc) is 2.41. The first-order valence-electron chi connectivity index (χ1n) is 6.21. The van der Waals surface area contributed by atoms with Gasteiger partial charge in [0, 0.05) is 0 Å². The zero-order chi connectivity index (χ0) is 13.0. The lowest BCUT2D eigenvalue weighted by Crippen LogP contribution is -2.30. The number of rotatable bonds is 3. The molecule has 0 atom stereocenters. The van der Waals surface area contributed by atoms with E-state index in [1.807, 2.05) is 5.43 Å². The minimum absolute atomic E-state index is 0. The number of nitrogens with one attached hydrogen (secondary N) is 1. The van der Waals surface area contributed by atoms with Crippen LogP contribution in [0, 0.1) is 0 Å². The smallest absolute Gasteiger partial charge is 0.269 e. The van der Waals surface area contributed by atoms with E-state index in [2.05, 4.69) is 0 Å². The van der Waals surface area contributed by atoms with Crippen LogP contribution < -0.4 is 16.0 Å². The van der Waals surface area contributed by atoms with E-state index < -0.39 is 5.91 Å². The normalized spacial score (nSPS) is 15.4. The van der Waals surface area contributed by atoms with E-state index in [0.717, 1.165) is 12.8 Å². The van der Waals surface area contributed by atoms with E-state index in [4.69, 9.17) is 10.6 Å². The topological polar surface area (TPSA) is 84.6 Å². The van der Waals surface area contributed by atoms with E-state index in [9.17, 15) is 9.90 Å². The molecule has 0 aliphatic heterocycles. The van der Waals surface area contributed by atoms with Crippen LogP contribution in [0.5, 0.6) is 11.5 Å². The molecule has 5 nitrogen and oxygen atoms in total. The SMILES string of the molecule is Cl.NNC(=O)c1cc(OC2CCCCC2)ccc1O. The van der Waals surface area contributed by atoms with Crippen LogP contribution in [-0.2, 0) is 0 Å². The van der Waals surface area contributed by atoms with Crippen molar-refractivity contribution in [1.29, 1.82) is 0 Å². The molecule has 0 heterocycles. The first kappa shape index (κ1) is 15.6. The monoisotopic (exact) mass is 286 g/mol. The average molecular weight is 287 g/mol. The molecule has 4 N–H and O–H groups in total. The number of phenols is 1. The summed E-state index contributed by atoms with van der Waals surface area (Å²) >= 11 is 0. The molecule has 0 unspecified atom stereocenters. The van der Waals surface area contributed by atoms with Crippen molar-refractivity contribution in [2.45, 2.75) is 38.2 Å². The number of hydrogen-bond acceptors (Lipinski definition) is 4. The Hall–Kier alpha value is -1.46. The van der Waals surface area contributed by atoms with Crippen molar-refractivity contribution in [3.05, 3.63) is 23.8 Å². The van der Waals surface area contributed by atoms with Gasteiger partial charge in [-0.3, -0.25) is 10.2 Å². The first-order valence-corrected chi connectivity index (χ1v) is 6.21. The standard InChI is InChI=1S/C13H18N2O3.ClH/c14-15-13(17)11-8-10(6-7-12(11)16)18-9-4-2-1-3-5-9;/h6-9,16H,1-5,14H2,(H,15,17);1H. The Morgan fingerprint density at radius 2 is 2.00 bits per heavy atom. The Kier molecular flexibility index (Phi) is 5.92. The molecule has 19 heavy (non-hydrogen) atoms. The third-order valence-corrected chi connectivity index (χ3v) is 3.20. The first-order chi connectivity index (χ1) is 8.70. The molecule has 6 heteroatoms. The summed E-state index contributed by atoms with van der Waals surface area (Å²) in [6.45, 7) is 0. The van der Waals surface area contributed by atoms with Crippen molar-refractivity contribution in [3.8, 4) is 11.5 Å². The maximum Gasteiger partial charge on any atom is 0.269 e. The van der Waals surface area contributed by atoms with Crippen LogP contribution in [0.2, 0.25) is 0 Å². The highest BCUT2D eigenvalue weighted by Gasteiger charge is 2.17. The molecule has 106 valence electrons. The van der Waals surface area contributed by atoms with Gasteiger partial charge in [-0.2, -0.15) is 0 Å². The van der Waals surface area contributed by atoms with Crippen LogP contribution in [-0.4, -0.2) is 17.1 Å². The van der Waals surface area contributed by atoms with Gasteiger partial charge in [0.25, 0.3) is 5.91 Å². The van der Waals surface area contributed by atoms with Crippen LogP contribution in [0.4, 0.5) is 0 Å². The van der Waals surface area contributed by atoms with Crippen molar-refractivity contribution < 1.29 is 14.6 Å². The quantitative estimate of drug-likeness (QED) is 0.451. The van der Waals surface area contributed by atoms with E-state index in [1.54, 1.807) is 6.07 Å². The Balaban J connectivity index is 0.00000180. The number of phenolic OH excluding ortho intramolecular Hbond substituents is 1. The molecule has 0 saturated heterocycles. The van der Waals surface area contributed by atoms with Crippen LogP contribution in [0.1, 0.15) is 42.5 Å². The fraction of sp³-hybridized carbons (Fsp3) is 0.462. The van der Waals surface area contributed by atoms with Crippen molar-refractivity contribution in [3.63, 3.8) is 0 Å². The number of hydrogen-bond donors (Lipinski definition) is 3. The van der Waals surface area contributed by atoms with Crippen molar-refractivity contribution in [1.82, 2.24) is 5.43 Å². The molecule has 1 aromatic rings. The molecular formula is C13H19ClN2O3. The molecule has 1 aliphatic carbocycles. The van der Waals surface area contributed by atoms with Gasteiger partial charge < -0.3 is 9.84 Å². The second kappa shape index (κ2) is 7.21.